The first kappa shape index (κ1) is 17.5. The van der Waals surface area contributed by atoms with E-state index in [9.17, 15) is 15.0 Å². The molecule has 2 N–H and O–H groups in total. The number of Topliss-reactive ketones (excluding diaryl/α,β-unsaturated/α-hetero) is 1. The number of nitrogens with zero attached hydrogens (tertiary/aromatic N) is 1. The maximum absolute atomic E-state index is 12.8. The van der Waals surface area contributed by atoms with Gasteiger partial charge in [0.25, 0.3) is 0 Å². The lowest BCUT2D eigenvalue weighted by molar-refractivity contribution is -0.950. The van der Waals surface area contributed by atoms with Crippen LogP contribution < -0.4 is 4.74 Å². The number of carbonyl (C=O) groups excluding carboxylic acids is 1. The number of hydrogen-bond donors (Lipinski definition) is 2. The summed E-state index contributed by atoms with van der Waals surface area (Å²) in [5, 5.41) is 22.5. The van der Waals surface area contributed by atoms with Crippen LogP contribution in [0.3, 0.4) is 0 Å². The van der Waals surface area contributed by atoms with Crippen LogP contribution in [0.1, 0.15) is 43.2 Å². The van der Waals surface area contributed by atoms with E-state index in [1.807, 2.05) is 6.07 Å². The van der Waals surface area contributed by atoms with Crippen LogP contribution in [0.4, 0.5) is 0 Å². The Labute approximate surface area is 160 Å². The highest BCUT2D eigenvalue weighted by Gasteiger charge is 2.76. The van der Waals surface area contributed by atoms with Crippen LogP contribution in [-0.4, -0.2) is 58.4 Å². The third kappa shape index (κ3) is 1.85. The molecule has 1 saturated heterocycles. The van der Waals surface area contributed by atoms with Gasteiger partial charge in [-0.25, -0.2) is 0 Å². The molecular weight excluding hydrogens is 342 g/mol. The fourth-order valence-electron chi connectivity index (χ4n) is 6.94. The predicted octanol–water partition coefficient (Wildman–Crippen LogP) is 2.12. The van der Waals surface area contributed by atoms with Crippen molar-refractivity contribution in [1.29, 1.82) is 0 Å². The van der Waals surface area contributed by atoms with Crippen LogP contribution in [0.15, 0.2) is 12.1 Å². The van der Waals surface area contributed by atoms with Gasteiger partial charge in [-0.15, -0.1) is 0 Å². The Morgan fingerprint density at radius 1 is 1.30 bits per heavy atom. The van der Waals surface area contributed by atoms with E-state index in [2.05, 4.69) is 7.05 Å². The van der Waals surface area contributed by atoms with Crippen molar-refractivity contribution in [2.75, 3.05) is 20.1 Å². The molecule has 5 atom stereocenters. The largest absolute Gasteiger partial charge is 0.504 e. The van der Waals surface area contributed by atoms with Gasteiger partial charge in [0.15, 0.2) is 23.4 Å². The van der Waals surface area contributed by atoms with E-state index >= 15 is 0 Å². The Balaban J connectivity index is 0.00000160. The molecule has 3 aliphatic carbocycles. The van der Waals surface area contributed by atoms with Gasteiger partial charge in [0, 0.05) is 30.7 Å². The van der Waals surface area contributed by atoms with Gasteiger partial charge in [0.05, 0.1) is 25.6 Å². The van der Waals surface area contributed by atoms with E-state index in [1.54, 1.807) is 6.07 Å². The Bertz CT molecular complexity index is 849. The summed E-state index contributed by atoms with van der Waals surface area (Å²) in [6.07, 6.45) is 4.42. The SMILES string of the molecule is C[N@@+]1(CC2CC2)CC[C@]23c4c5ccc(O)c4O[C@H]2C(=O)CC[C@@]3(O)[C@H]1C5.[CH3-]. The first-order valence-electron chi connectivity index (χ1n) is 10.0. The summed E-state index contributed by atoms with van der Waals surface area (Å²) in [5.74, 6) is 1.42. The second-order valence-corrected chi connectivity index (χ2v) is 9.61. The molecule has 1 aromatic rings. The fourth-order valence-corrected chi connectivity index (χ4v) is 6.94. The number of rotatable bonds is 2. The number of ether oxygens (including phenoxy) is 1. The average Bonchev–Trinajstić information content (AvgIpc) is 3.32. The highest BCUT2D eigenvalue weighted by Crippen LogP contribution is 2.65. The molecule has 0 radical (unpaired) electrons. The maximum atomic E-state index is 12.8. The van der Waals surface area contributed by atoms with Gasteiger partial charge in [-0.05, 0) is 30.9 Å². The lowest BCUT2D eigenvalue weighted by Crippen LogP contribution is -2.80. The molecule has 0 unspecified atom stereocenters. The number of aromatic hydroxyl groups is 1. The number of quaternary nitrogens is 1. The molecule has 5 heteroatoms. The molecule has 3 fully saturated rings. The molecular formula is C22H29NO4. The van der Waals surface area contributed by atoms with E-state index in [0.29, 0.717) is 18.6 Å². The molecule has 0 amide bonds. The van der Waals surface area contributed by atoms with Gasteiger partial charge in [0.2, 0.25) is 0 Å². The molecule has 2 heterocycles. The second kappa shape index (κ2) is 5.06. The monoisotopic (exact) mass is 371 g/mol. The molecule has 5 nitrogen and oxygen atoms in total. The minimum atomic E-state index is -0.931. The Morgan fingerprint density at radius 2 is 2.07 bits per heavy atom. The number of aliphatic hydroxyl groups is 1. The molecule has 5 aliphatic rings. The standard InChI is InChI=1S/C21H25NO4.CH3/c1-22(11-12-2-3-12)9-8-20-17-13-4-5-14(23)18(17)26-19(20)15(24)6-7-21(20,25)16(22)10-13;/h4-5,12,16,19,25H,2-3,6-11H2,1H3;1H3/q;-1/p+1/t16-,19+,20+,21-,22+;/m1./s1. The van der Waals surface area contributed by atoms with Gasteiger partial charge >= 0.3 is 0 Å². The lowest BCUT2D eigenvalue weighted by atomic mass is 9.48. The lowest BCUT2D eigenvalue weighted by Gasteiger charge is -2.64. The van der Waals surface area contributed by atoms with E-state index in [1.165, 1.54) is 12.8 Å². The number of likely N-dealkylation sites (N-methyl/N-ethyl adjacent to an activating group) is 1. The number of ketones is 1. The van der Waals surface area contributed by atoms with Gasteiger partial charge in [-0.3, -0.25) is 4.79 Å². The third-order valence-electron chi connectivity index (χ3n) is 8.28. The van der Waals surface area contributed by atoms with Crippen molar-refractivity contribution in [3.05, 3.63) is 30.7 Å². The first-order valence-corrected chi connectivity index (χ1v) is 10.0. The van der Waals surface area contributed by atoms with Gasteiger partial charge in [-0.2, -0.15) is 0 Å². The number of carbonyl (C=O) groups is 1. The summed E-state index contributed by atoms with van der Waals surface area (Å²) < 4.78 is 6.98. The summed E-state index contributed by atoms with van der Waals surface area (Å²) in [4.78, 5) is 12.8. The minimum Gasteiger partial charge on any atom is -0.504 e. The first-order chi connectivity index (χ1) is 12.4. The zero-order valence-electron chi connectivity index (χ0n) is 16.2. The smallest absolute Gasteiger partial charge is 0.174 e. The Hall–Kier alpha value is -1.59. The van der Waals surface area contributed by atoms with Crippen LogP contribution in [0.25, 0.3) is 0 Å². The second-order valence-electron chi connectivity index (χ2n) is 9.61. The highest BCUT2D eigenvalue weighted by molar-refractivity contribution is 5.90. The van der Waals surface area contributed by atoms with E-state index < -0.39 is 17.1 Å². The van der Waals surface area contributed by atoms with E-state index in [-0.39, 0.29) is 25.0 Å². The van der Waals surface area contributed by atoms with Gasteiger partial charge < -0.3 is 26.9 Å². The van der Waals surface area contributed by atoms with Crippen LogP contribution in [0.5, 0.6) is 11.5 Å². The maximum Gasteiger partial charge on any atom is 0.174 e. The highest BCUT2D eigenvalue weighted by atomic mass is 16.5. The quantitative estimate of drug-likeness (QED) is 0.617. The zero-order valence-corrected chi connectivity index (χ0v) is 16.2. The van der Waals surface area contributed by atoms with Crippen LogP contribution in [0, 0.1) is 13.3 Å². The Morgan fingerprint density at radius 3 is 2.81 bits per heavy atom. The number of hydrogen-bond acceptors (Lipinski definition) is 4. The molecule has 27 heavy (non-hydrogen) atoms. The number of phenolic OH excluding ortho intramolecular Hbond substituents is 1. The average molecular weight is 371 g/mol. The summed E-state index contributed by atoms with van der Waals surface area (Å²) in [6, 6.07) is 3.77. The molecule has 6 rings (SSSR count). The number of phenols is 1. The summed E-state index contributed by atoms with van der Waals surface area (Å²) in [6.45, 7) is 2.09. The molecule has 2 saturated carbocycles. The summed E-state index contributed by atoms with van der Waals surface area (Å²) in [7, 11) is 2.31. The number of benzene rings is 1. The summed E-state index contributed by atoms with van der Waals surface area (Å²) >= 11 is 0. The van der Waals surface area contributed by atoms with Crippen molar-refractivity contribution in [2.45, 2.75) is 61.7 Å². The van der Waals surface area contributed by atoms with Crippen molar-refractivity contribution in [3.63, 3.8) is 0 Å². The summed E-state index contributed by atoms with van der Waals surface area (Å²) in [5.41, 5.74) is 0.492. The topological polar surface area (TPSA) is 66.8 Å². The van der Waals surface area contributed by atoms with Crippen LogP contribution in [0.2, 0.25) is 0 Å². The molecule has 146 valence electrons. The van der Waals surface area contributed by atoms with E-state index in [0.717, 1.165) is 47.5 Å². The van der Waals surface area contributed by atoms with Gasteiger partial charge in [-0.1, -0.05) is 6.07 Å². The number of likely N-dealkylation sites (tertiary alicyclic amines) is 1. The van der Waals surface area contributed by atoms with E-state index in [4.69, 9.17) is 4.74 Å². The fraction of sp³-hybridized carbons (Fsp3) is 0.636. The molecule has 2 aliphatic heterocycles. The minimum absolute atomic E-state index is 0. The van der Waals surface area contributed by atoms with Gasteiger partial charge in [0.1, 0.15) is 11.6 Å². The van der Waals surface area contributed by atoms with Crippen molar-refractivity contribution in [1.82, 2.24) is 0 Å². The third-order valence-corrected chi connectivity index (χ3v) is 8.28. The van der Waals surface area contributed by atoms with Crippen LogP contribution in [-0.2, 0) is 16.6 Å². The van der Waals surface area contributed by atoms with Crippen molar-refractivity contribution in [2.24, 2.45) is 5.92 Å². The predicted molar refractivity (Wildman–Crippen MR) is 101 cm³/mol. The zero-order chi connectivity index (χ0) is 17.9. The Kier molecular flexibility index (Phi) is 3.28. The van der Waals surface area contributed by atoms with Crippen molar-refractivity contribution < 1.29 is 24.2 Å². The van der Waals surface area contributed by atoms with Crippen LogP contribution >= 0.6 is 0 Å². The number of piperidine rings is 1. The molecule has 1 aromatic carbocycles. The molecule has 1 spiro atoms. The molecule has 2 bridgehead atoms. The van der Waals surface area contributed by atoms with Crippen molar-refractivity contribution in [3.8, 4) is 11.5 Å². The molecule has 0 aromatic heterocycles. The van der Waals surface area contributed by atoms with Crippen molar-refractivity contribution >= 4 is 5.78 Å². The normalized spacial score (nSPS) is 43.6.